The molecule has 0 aliphatic rings. The predicted molar refractivity (Wildman–Crippen MR) is 99.1 cm³/mol. The summed E-state index contributed by atoms with van der Waals surface area (Å²) in [5.74, 6) is -0.0221. The summed E-state index contributed by atoms with van der Waals surface area (Å²) in [6.45, 7) is 5.24. The Morgan fingerprint density at radius 3 is 1.50 bits per heavy atom. The van der Waals surface area contributed by atoms with Gasteiger partial charge in [-0.1, -0.05) is 60.7 Å². The number of rotatable bonds is 8. The van der Waals surface area contributed by atoms with Gasteiger partial charge in [-0.2, -0.15) is 0 Å². The maximum atomic E-state index is 12.1. The Balaban J connectivity index is 1.81. The van der Waals surface area contributed by atoms with E-state index in [0.717, 1.165) is 11.4 Å². The number of allylic oxidation sites excluding steroid dienone is 4. The van der Waals surface area contributed by atoms with Crippen molar-refractivity contribution < 1.29 is 4.79 Å². The van der Waals surface area contributed by atoms with E-state index < -0.39 is 0 Å². The number of ketones is 1. The summed E-state index contributed by atoms with van der Waals surface area (Å²) in [4.78, 5) is 12.1. The lowest BCUT2D eigenvalue weighted by molar-refractivity contribution is -0.110. The molecule has 124 valence electrons. The van der Waals surface area contributed by atoms with Crippen molar-refractivity contribution >= 4 is 5.78 Å². The van der Waals surface area contributed by atoms with E-state index in [0.29, 0.717) is 13.1 Å². The SMILES string of the molecule is C/C(=C/C(=O)/C=C(/C)NCc1ccccc1)NCc1ccccc1. The summed E-state index contributed by atoms with van der Waals surface area (Å²) in [5, 5.41) is 6.50. The van der Waals surface area contributed by atoms with Crippen LogP contribution in [0, 0.1) is 0 Å². The van der Waals surface area contributed by atoms with E-state index in [9.17, 15) is 4.79 Å². The molecular formula is C21H24N2O. The van der Waals surface area contributed by atoms with Crippen LogP contribution in [-0.2, 0) is 17.9 Å². The van der Waals surface area contributed by atoms with Gasteiger partial charge >= 0.3 is 0 Å². The van der Waals surface area contributed by atoms with Crippen molar-refractivity contribution in [3.05, 3.63) is 95.3 Å². The molecule has 3 heteroatoms. The molecule has 2 aromatic carbocycles. The monoisotopic (exact) mass is 320 g/mol. The summed E-state index contributed by atoms with van der Waals surface area (Å²) >= 11 is 0. The Kier molecular flexibility index (Phi) is 6.84. The van der Waals surface area contributed by atoms with Crippen LogP contribution in [0.1, 0.15) is 25.0 Å². The third-order valence-electron chi connectivity index (χ3n) is 3.55. The summed E-state index contributed by atoms with van der Waals surface area (Å²) in [6, 6.07) is 20.2. The molecule has 0 amide bonds. The van der Waals surface area contributed by atoms with Crippen LogP contribution in [0.25, 0.3) is 0 Å². The zero-order valence-electron chi connectivity index (χ0n) is 14.3. The summed E-state index contributed by atoms with van der Waals surface area (Å²) < 4.78 is 0. The van der Waals surface area contributed by atoms with Gasteiger partial charge in [-0.3, -0.25) is 4.79 Å². The van der Waals surface area contributed by atoms with Gasteiger partial charge in [0.1, 0.15) is 0 Å². The number of carbonyl (C=O) groups excluding carboxylic acids is 1. The highest BCUT2D eigenvalue weighted by Gasteiger charge is 1.98. The van der Waals surface area contributed by atoms with Crippen LogP contribution in [0.15, 0.2) is 84.2 Å². The van der Waals surface area contributed by atoms with Gasteiger partial charge in [0.05, 0.1) is 0 Å². The van der Waals surface area contributed by atoms with Gasteiger partial charge in [-0.15, -0.1) is 0 Å². The minimum Gasteiger partial charge on any atom is -0.384 e. The third-order valence-corrected chi connectivity index (χ3v) is 3.55. The molecule has 2 N–H and O–H groups in total. The van der Waals surface area contributed by atoms with Crippen molar-refractivity contribution in [2.45, 2.75) is 26.9 Å². The molecule has 3 nitrogen and oxygen atoms in total. The van der Waals surface area contributed by atoms with E-state index in [1.807, 2.05) is 50.2 Å². The molecule has 2 aromatic rings. The number of hydrogen-bond donors (Lipinski definition) is 2. The van der Waals surface area contributed by atoms with E-state index in [1.165, 1.54) is 11.1 Å². The number of nitrogens with one attached hydrogen (secondary N) is 2. The highest BCUT2D eigenvalue weighted by Crippen LogP contribution is 2.01. The van der Waals surface area contributed by atoms with Gasteiger partial charge in [0.25, 0.3) is 0 Å². The molecule has 0 atom stereocenters. The standard InChI is InChI=1S/C21H24N2O/c1-17(22-15-19-9-5-3-6-10-19)13-21(24)14-18(2)23-16-20-11-7-4-8-12-20/h3-14,22-23H,15-16H2,1-2H3/b17-13-,18-14-. The topological polar surface area (TPSA) is 41.1 Å². The molecule has 2 rings (SSSR count). The molecule has 0 aliphatic carbocycles. The third kappa shape index (κ3) is 6.53. The van der Waals surface area contributed by atoms with E-state index in [2.05, 4.69) is 34.9 Å². The quantitative estimate of drug-likeness (QED) is 0.724. The zero-order valence-corrected chi connectivity index (χ0v) is 14.3. The number of hydrogen-bond acceptors (Lipinski definition) is 3. The van der Waals surface area contributed by atoms with Crippen molar-refractivity contribution in [3.8, 4) is 0 Å². The van der Waals surface area contributed by atoms with Crippen LogP contribution in [0.5, 0.6) is 0 Å². The van der Waals surface area contributed by atoms with E-state index in [4.69, 9.17) is 0 Å². The average Bonchev–Trinajstić information content (AvgIpc) is 2.60. The van der Waals surface area contributed by atoms with Crippen LogP contribution >= 0.6 is 0 Å². The number of carbonyl (C=O) groups is 1. The van der Waals surface area contributed by atoms with Gasteiger partial charge in [-0.05, 0) is 25.0 Å². The van der Waals surface area contributed by atoms with Gasteiger partial charge < -0.3 is 10.6 Å². The second kappa shape index (κ2) is 9.36. The van der Waals surface area contributed by atoms with Crippen molar-refractivity contribution in [2.24, 2.45) is 0 Å². The highest BCUT2D eigenvalue weighted by atomic mass is 16.1. The molecule has 0 fully saturated rings. The van der Waals surface area contributed by atoms with Crippen LogP contribution in [0.3, 0.4) is 0 Å². The Labute approximate surface area is 144 Å². The van der Waals surface area contributed by atoms with Crippen molar-refractivity contribution in [2.75, 3.05) is 0 Å². The Bertz CT molecular complexity index is 642. The average molecular weight is 320 g/mol. The molecule has 0 aromatic heterocycles. The Morgan fingerprint density at radius 2 is 1.12 bits per heavy atom. The molecule has 0 heterocycles. The first-order chi connectivity index (χ1) is 11.6. The van der Waals surface area contributed by atoms with Gasteiger partial charge in [0.2, 0.25) is 0 Å². The van der Waals surface area contributed by atoms with E-state index in [1.54, 1.807) is 12.2 Å². The summed E-state index contributed by atoms with van der Waals surface area (Å²) in [6.07, 6.45) is 3.24. The fourth-order valence-electron chi connectivity index (χ4n) is 2.25. The van der Waals surface area contributed by atoms with Crippen molar-refractivity contribution in [3.63, 3.8) is 0 Å². The van der Waals surface area contributed by atoms with Crippen LogP contribution in [0.2, 0.25) is 0 Å². The fourth-order valence-corrected chi connectivity index (χ4v) is 2.25. The predicted octanol–water partition coefficient (Wildman–Crippen LogP) is 3.94. The molecule has 0 radical (unpaired) electrons. The molecular weight excluding hydrogens is 296 g/mol. The van der Waals surface area contributed by atoms with Crippen LogP contribution in [0.4, 0.5) is 0 Å². The molecule has 0 bridgehead atoms. The smallest absolute Gasteiger partial charge is 0.182 e. The van der Waals surface area contributed by atoms with E-state index >= 15 is 0 Å². The molecule has 0 unspecified atom stereocenters. The normalized spacial score (nSPS) is 11.9. The molecule has 0 aliphatic heterocycles. The van der Waals surface area contributed by atoms with Gasteiger partial charge in [-0.25, -0.2) is 0 Å². The minimum atomic E-state index is -0.0221. The van der Waals surface area contributed by atoms with Gasteiger partial charge in [0, 0.05) is 36.6 Å². The van der Waals surface area contributed by atoms with Crippen LogP contribution < -0.4 is 10.6 Å². The lowest BCUT2D eigenvalue weighted by Gasteiger charge is -2.07. The first-order valence-electron chi connectivity index (χ1n) is 8.09. The van der Waals surface area contributed by atoms with Crippen molar-refractivity contribution in [1.82, 2.24) is 10.6 Å². The van der Waals surface area contributed by atoms with Crippen LogP contribution in [-0.4, -0.2) is 5.78 Å². The molecule has 0 saturated carbocycles. The maximum absolute atomic E-state index is 12.1. The second-order valence-corrected chi connectivity index (χ2v) is 5.74. The Morgan fingerprint density at radius 1 is 0.750 bits per heavy atom. The highest BCUT2D eigenvalue weighted by molar-refractivity contribution is 5.99. The molecule has 0 spiro atoms. The largest absolute Gasteiger partial charge is 0.384 e. The minimum absolute atomic E-state index is 0.0221. The summed E-state index contributed by atoms with van der Waals surface area (Å²) in [5.41, 5.74) is 4.09. The maximum Gasteiger partial charge on any atom is 0.182 e. The van der Waals surface area contributed by atoms with E-state index in [-0.39, 0.29) is 5.78 Å². The summed E-state index contributed by atoms with van der Waals surface area (Å²) in [7, 11) is 0. The Hall–Kier alpha value is -2.81. The van der Waals surface area contributed by atoms with Gasteiger partial charge in [0.15, 0.2) is 5.78 Å². The fraction of sp³-hybridized carbons (Fsp3) is 0.190. The first-order valence-corrected chi connectivity index (χ1v) is 8.09. The number of benzene rings is 2. The lowest BCUT2D eigenvalue weighted by atomic mass is 10.2. The second-order valence-electron chi connectivity index (χ2n) is 5.74. The molecule has 0 saturated heterocycles. The zero-order chi connectivity index (χ0) is 17.2. The first kappa shape index (κ1) is 17.5. The van der Waals surface area contributed by atoms with Crippen molar-refractivity contribution in [1.29, 1.82) is 0 Å². The lowest BCUT2D eigenvalue weighted by Crippen LogP contribution is -2.13. The molecule has 24 heavy (non-hydrogen) atoms.